The number of nitrogens with zero attached hydrogens (tertiary/aromatic N) is 3. The van der Waals surface area contributed by atoms with Crippen LogP contribution < -0.4 is 9.47 Å². The Morgan fingerprint density at radius 1 is 0.969 bits per heavy atom. The van der Waals surface area contributed by atoms with Crippen LogP contribution in [0, 0.1) is 5.92 Å². The van der Waals surface area contributed by atoms with Crippen LogP contribution in [0.5, 0.6) is 11.5 Å². The Kier molecular flexibility index (Phi) is 6.22. The summed E-state index contributed by atoms with van der Waals surface area (Å²) in [4.78, 5) is 27.2. The predicted molar refractivity (Wildman–Crippen MR) is 127 cm³/mol. The number of hydrogen-bond donors (Lipinski definition) is 0. The fraction of sp³-hybridized carbons (Fsp3) is 0.304. The van der Waals surface area contributed by atoms with Crippen molar-refractivity contribution in [1.82, 2.24) is 15.0 Å². The standard InChI is InChI=1S/C23H21Br2N3O4/c1-11(2)7-8-28-10-15(26-27-28)12-9-14(25)18-20(23(12)32-4)22(30)19-16(31-3)6-5-13(24)17(19)21(18)29/h5-6,9-11H,7-8H2,1-4H3. The van der Waals surface area contributed by atoms with Gasteiger partial charge in [0.25, 0.3) is 0 Å². The van der Waals surface area contributed by atoms with Crippen molar-refractivity contribution in [3.05, 3.63) is 55.6 Å². The second-order valence-corrected chi connectivity index (χ2v) is 9.61. The molecule has 0 amide bonds. The fourth-order valence-electron chi connectivity index (χ4n) is 3.82. The summed E-state index contributed by atoms with van der Waals surface area (Å²) in [7, 11) is 2.94. The van der Waals surface area contributed by atoms with Gasteiger partial charge in [0, 0.05) is 21.1 Å². The number of hydrogen-bond acceptors (Lipinski definition) is 6. The van der Waals surface area contributed by atoms with Crippen LogP contribution in [0.15, 0.2) is 33.3 Å². The highest BCUT2D eigenvalue weighted by molar-refractivity contribution is 9.11. The van der Waals surface area contributed by atoms with Gasteiger partial charge in [-0.3, -0.25) is 14.3 Å². The molecular weight excluding hydrogens is 542 g/mol. The highest BCUT2D eigenvalue weighted by Gasteiger charge is 2.39. The molecule has 0 radical (unpaired) electrons. The Labute approximate surface area is 202 Å². The Bertz CT molecular complexity index is 1250. The van der Waals surface area contributed by atoms with E-state index in [1.54, 1.807) is 22.9 Å². The zero-order valence-electron chi connectivity index (χ0n) is 18.0. The average molecular weight is 563 g/mol. The molecule has 1 heterocycles. The van der Waals surface area contributed by atoms with Crippen molar-refractivity contribution in [3.8, 4) is 22.8 Å². The zero-order valence-corrected chi connectivity index (χ0v) is 21.2. The van der Waals surface area contributed by atoms with E-state index in [-0.39, 0.29) is 39.6 Å². The predicted octanol–water partition coefficient (Wildman–Crippen LogP) is 5.31. The first-order valence-electron chi connectivity index (χ1n) is 10.0. The average Bonchev–Trinajstić information content (AvgIpc) is 3.24. The molecule has 0 bridgehead atoms. The summed E-state index contributed by atoms with van der Waals surface area (Å²) in [5.74, 6) is 0.505. The molecule has 0 fully saturated rings. The maximum atomic E-state index is 13.7. The van der Waals surface area contributed by atoms with Crippen molar-refractivity contribution in [2.75, 3.05) is 14.2 Å². The van der Waals surface area contributed by atoms with Crippen LogP contribution in [-0.2, 0) is 6.54 Å². The number of aryl methyl sites for hydroxylation is 1. The quantitative estimate of drug-likeness (QED) is 0.317. The molecule has 0 saturated carbocycles. The van der Waals surface area contributed by atoms with E-state index < -0.39 is 0 Å². The lowest BCUT2D eigenvalue weighted by Gasteiger charge is -2.24. The first-order chi connectivity index (χ1) is 15.3. The van der Waals surface area contributed by atoms with Gasteiger partial charge in [0.05, 0.1) is 42.7 Å². The van der Waals surface area contributed by atoms with Crippen LogP contribution in [0.4, 0.5) is 0 Å². The van der Waals surface area contributed by atoms with E-state index in [1.807, 2.05) is 6.20 Å². The molecule has 0 atom stereocenters. The molecule has 0 N–H and O–H groups in total. The number of benzene rings is 2. The summed E-state index contributed by atoms with van der Waals surface area (Å²) < 4.78 is 13.9. The van der Waals surface area contributed by atoms with E-state index in [0.29, 0.717) is 31.9 Å². The highest BCUT2D eigenvalue weighted by Crippen LogP contribution is 2.46. The van der Waals surface area contributed by atoms with Gasteiger partial charge < -0.3 is 9.47 Å². The van der Waals surface area contributed by atoms with Crippen molar-refractivity contribution in [3.63, 3.8) is 0 Å². The number of carbonyl (C=O) groups excluding carboxylic acids is 2. The number of fused-ring (bicyclic) bond motifs is 2. The van der Waals surface area contributed by atoms with E-state index in [4.69, 9.17) is 9.47 Å². The van der Waals surface area contributed by atoms with Gasteiger partial charge in [-0.05, 0) is 46.5 Å². The molecule has 0 saturated heterocycles. The van der Waals surface area contributed by atoms with Crippen LogP contribution in [-0.4, -0.2) is 40.8 Å². The van der Waals surface area contributed by atoms with Crippen molar-refractivity contribution in [2.45, 2.75) is 26.8 Å². The van der Waals surface area contributed by atoms with Gasteiger partial charge in [-0.2, -0.15) is 0 Å². The first kappa shape index (κ1) is 22.7. The minimum Gasteiger partial charge on any atom is -0.496 e. The van der Waals surface area contributed by atoms with E-state index in [2.05, 4.69) is 56.0 Å². The molecule has 4 rings (SSSR count). The molecule has 7 nitrogen and oxygen atoms in total. The normalized spacial score (nSPS) is 12.7. The summed E-state index contributed by atoms with van der Waals surface area (Å²) in [5.41, 5.74) is 2.06. The van der Waals surface area contributed by atoms with Crippen molar-refractivity contribution in [1.29, 1.82) is 0 Å². The second kappa shape index (κ2) is 8.78. The Morgan fingerprint density at radius 2 is 1.66 bits per heavy atom. The molecule has 2 aromatic carbocycles. The third kappa shape index (κ3) is 3.67. The minimum absolute atomic E-state index is 0.183. The van der Waals surface area contributed by atoms with Crippen LogP contribution in [0.25, 0.3) is 11.3 Å². The summed E-state index contributed by atoms with van der Waals surface area (Å²) >= 11 is 6.91. The van der Waals surface area contributed by atoms with E-state index >= 15 is 0 Å². The number of rotatable bonds is 6. The summed E-state index contributed by atoms with van der Waals surface area (Å²) in [6, 6.07) is 5.10. The number of ether oxygens (including phenoxy) is 2. The maximum absolute atomic E-state index is 13.7. The number of aromatic nitrogens is 3. The summed E-state index contributed by atoms with van der Waals surface area (Å²) in [6.45, 7) is 5.03. The molecule has 1 aliphatic rings. The molecular formula is C23H21Br2N3O4. The molecule has 1 aromatic heterocycles. The van der Waals surface area contributed by atoms with Gasteiger partial charge in [0.15, 0.2) is 5.78 Å². The van der Waals surface area contributed by atoms with Crippen molar-refractivity contribution < 1.29 is 19.1 Å². The third-order valence-corrected chi connectivity index (χ3v) is 6.72. The number of methoxy groups -OCH3 is 2. The Morgan fingerprint density at radius 3 is 2.31 bits per heavy atom. The zero-order chi connectivity index (χ0) is 23.2. The van der Waals surface area contributed by atoms with E-state index in [0.717, 1.165) is 13.0 Å². The topological polar surface area (TPSA) is 83.3 Å². The monoisotopic (exact) mass is 561 g/mol. The van der Waals surface area contributed by atoms with Crippen LogP contribution >= 0.6 is 31.9 Å². The fourth-order valence-corrected chi connectivity index (χ4v) is 4.94. The summed E-state index contributed by atoms with van der Waals surface area (Å²) in [6.07, 6.45) is 2.78. The third-order valence-electron chi connectivity index (χ3n) is 5.43. The van der Waals surface area contributed by atoms with Crippen LogP contribution in [0.2, 0.25) is 0 Å². The number of halogens is 2. The number of carbonyl (C=O) groups is 2. The van der Waals surface area contributed by atoms with Crippen molar-refractivity contribution >= 4 is 43.4 Å². The molecule has 1 aliphatic carbocycles. The Hall–Kier alpha value is -2.52. The van der Waals surface area contributed by atoms with E-state index in [9.17, 15) is 9.59 Å². The molecule has 0 aliphatic heterocycles. The Balaban J connectivity index is 1.91. The summed E-state index contributed by atoms with van der Waals surface area (Å²) in [5, 5.41) is 8.49. The SMILES string of the molecule is COc1ccc(Br)c2c1C(=O)c1c(OC)c(-c3cn(CCC(C)C)nn3)cc(Br)c1C2=O. The van der Waals surface area contributed by atoms with Crippen LogP contribution in [0.1, 0.15) is 52.1 Å². The van der Waals surface area contributed by atoms with Gasteiger partial charge in [0.1, 0.15) is 17.2 Å². The largest absolute Gasteiger partial charge is 0.496 e. The lowest BCUT2D eigenvalue weighted by Crippen LogP contribution is -2.24. The molecule has 3 aromatic rings. The van der Waals surface area contributed by atoms with Gasteiger partial charge in [0.2, 0.25) is 5.78 Å². The maximum Gasteiger partial charge on any atom is 0.202 e. The number of ketones is 2. The van der Waals surface area contributed by atoms with Gasteiger partial charge >= 0.3 is 0 Å². The van der Waals surface area contributed by atoms with Gasteiger partial charge in [-0.25, -0.2) is 0 Å². The molecule has 9 heteroatoms. The minimum atomic E-state index is -0.348. The first-order valence-corrected chi connectivity index (χ1v) is 11.6. The van der Waals surface area contributed by atoms with Gasteiger partial charge in [-0.15, -0.1) is 5.10 Å². The lowest BCUT2D eigenvalue weighted by atomic mass is 9.82. The van der Waals surface area contributed by atoms with E-state index in [1.165, 1.54) is 14.2 Å². The van der Waals surface area contributed by atoms with Crippen LogP contribution in [0.3, 0.4) is 0 Å². The molecule has 0 spiro atoms. The van der Waals surface area contributed by atoms with Crippen molar-refractivity contribution in [2.24, 2.45) is 5.92 Å². The second-order valence-electron chi connectivity index (χ2n) is 7.90. The molecule has 0 unspecified atom stereocenters. The highest BCUT2D eigenvalue weighted by atomic mass is 79.9. The smallest absolute Gasteiger partial charge is 0.202 e. The van der Waals surface area contributed by atoms with Gasteiger partial charge in [-0.1, -0.05) is 35.0 Å². The lowest BCUT2D eigenvalue weighted by molar-refractivity contribution is 0.0973. The molecule has 32 heavy (non-hydrogen) atoms. The molecule has 166 valence electrons.